The number of hydrogen-bond acceptors (Lipinski definition) is 3. The number of carboxylic acids is 1. The van der Waals surface area contributed by atoms with Crippen molar-refractivity contribution in [2.24, 2.45) is 0 Å². The molecule has 0 aliphatic heterocycles. The molecule has 0 spiro atoms. The lowest BCUT2D eigenvalue weighted by Gasteiger charge is -2.19. The fraction of sp³-hybridized carbons (Fsp3) is 0.344. The third-order valence-electron chi connectivity index (χ3n) is 7.68. The van der Waals surface area contributed by atoms with Gasteiger partial charge in [0.1, 0.15) is 0 Å². The van der Waals surface area contributed by atoms with Crippen molar-refractivity contribution in [3.05, 3.63) is 77.9 Å². The van der Waals surface area contributed by atoms with Gasteiger partial charge < -0.3 is 14.2 Å². The molecule has 3 aromatic carbocycles. The zero-order chi connectivity index (χ0) is 28.4. The van der Waals surface area contributed by atoms with Crippen LogP contribution in [0.4, 0.5) is 0 Å². The van der Waals surface area contributed by atoms with Crippen LogP contribution >= 0.6 is 31.9 Å². The van der Waals surface area contributed by atoms with Gasteiger partial charge in [-0.1, -0.05) is 64.5 Å². The summed E-state index contributed by atoms with van der Waals surface area (Å²) in [5, 5.41) is 11.5. The number of fused-ring (bicyclic) bond motifs is 4. The van der Waals surface area contributed by atoms with E-state index in [-0.39, 0.29) is 17.3 Å². The Labute approximate surface area is 248 Å². The SMILES string of the molecule is CCCCCCn1c2ccc(Br)cc2c(=O)c2cc3c(cc21)c(=O)c1cc(Br)ccc1n3CCCCCC(=O)O. The van der Waals surface area contributed by atoms with Crippen LogP contribution < -0.4 is 10.9 Å². The Morgan fingerprint density at radius 1 is 0.650 bits per heavy atom. The molecule has 0 saturated carbocycles. The minimum absolute atomic E-state index is 0.0469. The molecule has 0 aliphatic carbocycles. The fourth-order valence-corrected chi connectivity index (χ4v) is 6.41. The summed E-state index contributed by atoms with van der Waals surface area (Å²) in [4.78, 5) is 38.8. The smallest absolute Gasteiger partial charge is 0.303 e. The normalized spacial score (nSPS) is 11.8. The molecule has 0 radical (unpaired) electrons. The summed E-state index contributed by atoms with van der Waals surface area (Å²) in [5.74, 6) is -0.791. The Morgan fingerprint density at radius 3 is 1.55 bits per heavy atom. The average Bonchev–Trinajstić information content (AvgIpc) is 2.93. The zero-order valence-corrected chi connectivity index (χ0v) is 25.7. The first-order chi connectivity index (χ1) is 19.3. The van der Waals surface area contributed by atoms with E-state index in [1.807, 2.05) is 48.5 Å². The number of rotatable bonds is 11. The maximum atomic E-state index is 13.9. The third kappa shape index (κ3) is 5.61. The van der Waals surface area contributed by atoms with Gasteiger partial charge in [-0.3, -0.25) is 14.4 Å². The van der Waals surface area contributed by atoms with Gasteiger partial charge >= 0.3 is 5.97 Å². The van der Waals surface area contributed by atoms with Gasteiger partial charge in [0.2, 0.25) is 0 Å². The highest BCUT2D eigenvalue weighted by Gasteiger charge is 2.17. The topological polar surface area (TPSA) is 81.3 Å². The van der Waals surface area contributed by atoms with Gasteiger partial charge in [0.05, 0.1) is 22.1 Å². The van der Waals surface area contributed by atoms with Crippen LogP contribution in [-0.4, -0.2) is 20.2 Å². The van der Waals surface area contributed by atoms with Crippen LogP contribution in [0.5, 0.6) is 0 Å². The zero-order valence-electron chi connectivity index (χ0n) is 22.5. The molecule has 8 heteroatoms. The fourth-order valence-electron chi connectivity index (χ4n) is 5.69. The maximum Gasteiger partial charge on any atom is 0.303 e. The monoisotopic (exact) mass is 666 g/mol. The first-order valence-electron chi connectivity index (χ1n) is 13.9. The highest BCUT2D eigenvalue weighted by Crippen LogP contribution is 2.29. The van der Waals surface area contributed by atoms with E-state index in [0.29, 0.717) is 34.5 Å². The largest absolute Gasteiger partial charge is 0.481 e. The summed E-state index contributed by atoms with van der Waals surface area (Å²) in [6.45, 7) is 3.56. The van der Waals surface area contributed by atoms with E-state index in [1.54, 1.807) is 0 Å². The molecule has 0 atom stereocenters. The molecule has 40 heavy (non-hydrogen) atoms. The highest BCUT2D eigenvalue weighted by atomic mass is 79.9. The molecular formula is C32H32Br2N2O4. The molecule has 0 unspecified atom stereocenters. The number of carboxylic acid groups (broad SMARTS) is 1. The molecule has 1 N–H and O–H groups in total. The first-order valence-corrected chi connectivity index (χ1v) is 15.5. The van der Waals surface area contributed by atoms with Crippen molar-refractivity contribution in [2.75, 3.05) is 0 Å². The predicted octanol–water partition coefficient (Wildman–Crippen LogP) is 8.37. The average molecular weight is 668 g/mol. The molecule has 2 heterocycles. The van der Waals surface area contributed by atoms with E-state index in [2.05, 4.69) is 47.9 Å². The van der Waals surface area contributed by atoms with Crippen LogP contribution in [0.2, 0.25) is 0 Å². The summed E-state index contributed by atoms with van der Waals surface area (Å²) in [5.41, 5.74) is 3.09. The van der Waals surface area contributed by atoms with Crippen molar-refractivity contribution in [1.29, 1.82) is 0 Å². The summed E-state index contributed by atoms with van der Waals surface area (Å²) >= 11 is 7.06. The van der Waals surface area contributed by atoms with Crippen LogP contribution in [0.25, 0.3) is 43.6 Å². The number of benzene rings is 3. The lowest BCUT2D eigenvalue weighted by Crippen LogP contribution is -2.16. The minimum atomic E-state index is -0.791. The number of aromatic nitrogens is 2. The lowest BCUT2D eigenvalue weighted by atomic mass is 10.0. The Bertz CT molecular complexity index is 1870. The Hall–Kier alpha value is -2.97. The molecule has 0 aliphatic rings. The quantitative estimate of drug-likeness (QED) is 0.113. The van der Waals surface area contributed by atoms with Crippen molar-refractivity contribution in [3.8, 4) is 0 Å². The molecule has 0 amide bonds. The van der Waals surface area contributed by atoms with E-state index in [0.717, 1.165) is 76.1 Å². The number of hydrogen-bond donors (Lipinski definition) is 1. The van der Waals surface area contributed by atoms with Crippen LogP contribution in [-0.2, 0) is 17.9 Å². The number of halogens is 2. The Balaban J connectivity index is 1.78. The second-order valence-electron chi connectivity index (χ2n) is 10.4. The number of pyridine rings is 2. The number of carbonyl (C=O) groups is 1. The molecule has 6 nitrogen and oxygen atoms in total. The van der Waals surface area contributed by atoms with Crippen LogP contribution in [0, 0.1) is 0 Å². The van der Waals surface area contributed by atoms with Gasteiger partial charge in [-0.05, 0) is 67.8 Å². The predicted molar refractivity (Wildman–Crippen MR) is 171 cm³/mol. The van der Waals surface area contributed by atoms with E-state index in [4.69, 9.17) is 5.11 Å². The molecule has 208 valence electrons. The molecule has 5 aromatic rings. The van der Waals surface area contributed by atoms with Crippen molar-refractivity contribution in [2.45, 2.75) is 71.4 Å². The van der Waals surface area contributed by atoms with E-state index in [1.165, 1.54) is 0 Å². The van der Waals surface area contributed by atoms with Gasteiger partial charge in [-0.2, -0.15) is 0 Å². The Morgan fingerprint density at radius 2 is 1.10 bits per heavy atom. The van der Waals surface area contributed by atoms with Crippen molar-refractivity contribution in [1.82, 2.24) is 9.13 Å². The van der Waals surface area contributed by atoms with Crippen LogP contribution in [0.3, 0.4) is 0 Å². The second-order valence-corrected chi connectivity index (χ2v) is 12.3. The molecule has 0 fully saturated rings. The highest BCUT2D eigenvalue weighted by molar-refractivity contribution is 9.10. The molecule has 2 aromatic heterocycles. The summed E-state index contributed by atoms with van der Waals surface area (Å²) in [7, 11) is 0. The van der Waals surface area contributed by atoms with Gasteiger partial charge in [0.15, 0.2) is 10.9 Å². The third-order valence-corrected chi connectivity index (χ3v) is 8.67. The van der Waals surface area contributed by atoms with Crippen molar-refractivity contribution in [3.63, 3.8) is 0 Å². The van der Waals surface area contributed by atoms with Gasteiger partial charge in [-0.15, -0.1) is 0 Å². The number of aryl methyl sites for hydroxylation is 2. The molecule has 5 rings (SSSR count). The number of unbranched alkanes of at least 4 members (excludes halogenated alkanes) is 5. The van der Waals surface area contributed by atoms with Gasteiger partial charge in [0, 0.05) is 50.0 Å². The van der Waals surface area contributed by atoms with E-state index in [9.17, 15) is 14.4 Å². The molecule has 0 bridgehead atoms. The van der Waals surface area contributed by atoms with Crippen molar-refractivity contribution >= 4 is 81.4 Å². The second kappa shape index (κ2) is 12.3. The van der Waals surface area contributed by atoms with Crippen molar-refractivity contribution < 1.29 is 9.90 Å². The van der Waals surface area contributed by atoms with E-state index < -0.39 is 5.97 Å². The standard InChI is InChI=1S/C32H32Br2N2O4/c1-2-3-4-7-14-35-26-12-10-20(33)16-22(26)31(39)24-19-29-25(18-28(24)35)32(40)23-17-21(34)11-13-27(23)36(29)15-8-5-6-9-30(37)38/h10-13,16-19H,2-9,14-15H2,1H3,(H,37,38). The lowest BCUT2D eigenvalue weighted by molar-refractivity contribution is -0.137. The maximum absolute atomic E-state index is 13.9. The molecule has 0 saturated heterocycles. The van der Waals surface area contributed by atoms with Crippen LogP contribution in [0.1, 0.15) is 58.3 Å². The minimum Gasteiger partial charge on any atom is -0.481 e. The van der Waals surface area contributed by atoms with Crippen LogP contribution in [0.15, 0.2) is 67.1 Å². The number of aliphatic carboxylic acids is 1. The summed E-state index contributed by atoms with van der Waals surface area (Å²) < 4.78 is 6.00. The van der Waals surface area contributed by atoms with E-state index >= 15 is 0 Å². The van der Waals surface area contributed by atoms with Gasteiger partial charge in [-0.25, -0.2) is 0 Å². The van der Waals surface area contributed by atoms with Gasteiger partial charge in [0.25, 0.3) is 0 Å². The first kappa shape index (κ1) is 28.6. The summed E-state index contributed by atoms with van der Waals surface area (Å²) in [6, 6.07) is 15.4. The number of nitrogens with zero attached hydrogens (tertiary/aromatic N) is 2. The molecular weight excluding hydrogens is 636 g/mol. The summed E-state index contributed by atoms with van der Waals surface area (Å²) in [6.07, 6.45) is 6.65. The Kier molecular flexibility index (Phi) is 8.76.